The highest BCUT2D eigenvalue weighted by Gasteiger charge is 2.28. The van der Waals surface area contributed by atoms with Gasteiger partial charge in [-0.3, -0.25) is 0 Å². The molecule has 2 heteroatoms. The molecule has 0 unspecified atom stereocenters. The Balaban J connectivity index is 2.18. The molecule has 0 saturated carbocycles. The molecule has 1 fully saturated rings. The van der Waals surface area contributed by atoms with Gasteiger partial charge in [0.05, 0.1) is 12.1 Å². The number of aliphatic hydroxyl groups excluding tert-OH is 1. The first-order valence-corrected chi connectivity index (χ1v) is 4.25. The van der Waals surface area contributed by atoms with Gasteiger partial charge in [-0.2, -0.15) is 0 Å². The Morgan fingerprint density at radius 3 is 2.42 bits per heavy atom. The molecule has 2 rings (SSSR count). The van der Waals surface area contributed by atoms with Crippen LogP contribution >= 0.6 is 0 Å². The number of hydrogen-bond acceptors (Lipinski definition) is 2. The molecule has 2 nitrogen and oxygen atoms in total. The van der Waals surface area contributed by atoms with E-state index in [0.29, 0.717) is 0 Å². The molecule has 1 aliphatic heterocycles. The predicted molar refractivity (Wildman–Crippen MR) is 47.9 cm³/mol. The predicted octanol–water partition coefficient (Wildman–Crippen LogP) is 1.00. The first kappa shape index (κ1) is 7.77. The lowest BCUT2D eigenvalue weighted by Gasteiger charge is -2.34. The molecular formula is C10H13NO. The van der Waals surface area contributed by atoms with Crippen LogP contribution in [0.4, 0.5) is 0 Å². The molecule has 2 N–H and O–H groups in total. The van der Waals surface area contributed by atoms with Crippen molar-refractivity contribution in [2.75, 3.05) is 6.54 Å². The molecule has 1 aromatic rings. The number of nitrogens with one attached hydrogen (secondary N) is 1. The average Bonchev–Trinajstić information content (AvgIpc) is 2.06. The molecule has 12 heavy (non-hydrogen) atoms. The summed E-state index contributed by atoms with van der Waals surface area (Å²) >= 11 is 0. The summed E-state index contributed by atoms with van der Waals surface area (Å²) in [5.41, 5.74) is 2.44. The topological polar surface area (TPSA) is 32.3 Å². The van der Waals surface area contributed by atoms with Gasteiger partial charge in [0, 0.05) is 6.54 Å². The number of aliphatic hydroxyl groups is 1. The lowest BCUT2D eigenvalue weighted by molar-refractivity contribution is 0.0611. The van der Waals surface area contributed by atoms with E-state index in [4.69, 9.17) is 0 Å². The Bertz CT molecular complexity index is 268. The van der Waals surface area contributed by atoms with E-state index < -0.39 is 0 Å². The van der Waals surface area contributed by atoms with Gasteiger partial charge in [-0.05, 0) is 12.5 Å². The van der Waals surface area contributed by atoms with Crippen LogP contribution < -0.4 is 5.32 Å². The highest BCUT2D eigenvalue weighted by atomic mass is 16.3. The summed E-state index contributed by atoms with van der Waals surface area (Å²) in [5.74, 6) is 0. The zero-order valence-electron chi connectivity index (χ0n) is 7.12. The summed E-state index contributed by atoms with van der Waals surface area (Å²) in [6.45, 7) is 2.78. The monoisotopic (exact) mass is 163 g/mol. The zero-order chi connectivity index (χ0) is 8.55. The molecule has 0 radical (unpaired) electrons. The maximum atomic E-state index is 9.37. The molecule has 0 aliphatic carbocycles. The van der Waals surface area contributed by atoms with E-state index >= 15 is 0 Å². The van der Waals surface area contributed by atoms with Gasteiger partial charge in [0.2, 0.25) is 0 Å². The number of β-amino-alcohol motifs (C(OH)–C–C–N with tert-alkyl or cyclic N) is 1. The third-order valence-electron chi connectivity index (χ3n) is 2.37. The maximum Gasteiger partial charge on any atom is 0.0859 e. The molecular weight excluding hydrogens is 150 g/mol. The first-order chi connectivity index (χ1) is 5.77. The molecule has 2 atom stereocenters. The van der Waals surface area contributed by atoms with Crippen molar-refractivity contribution in [3.05, 3.63) is 35.4 Å². The Labute approximate surface area is 72.2 Å². The van der Waals surface area contributed by atoms with E-state index in [-0.39, 0.29) is 12.1 Å². The van der Waals surface area contributed by atoms with Crippen molar-refractivity contribution in [2.24, 2.45) is 0 Å². The summed E-state index contributed by atoms with van der Waals surface area (Å²) < 4.78 is 0. The Kier molecular flexibility index (Phi) is 1.87. The Hall–Kier alpha value is -0.860. The average molecular weight is 163 g/mol. The summed E-state index contributed by atoms with van der Waals surface area (Å²) in [6.07, 6.45) is -0.201. The highest BCUT2D eigenvalue weighted by Crippen LogP contribution is 2.23. The molecule has 0 bridgehead atoms. The summed E-state index contributed by atoms with van der Waals surface area (Å²) in [4.78, 5) is 0. The third kappa shape index (κ3) is 1.24. The van der Waals surface area contributed by atoms with Crippen molar-refractivity contribution in [3.8, 4) is 0 Å². The van der Waals surface area contributed by atoms with Gasteiger partial charge in [0.15, 0.2) is 0 Å². The van der Waals surface area contributed by atoms with Gasteiger partial charge in [-0.1, -0.05) is 29.8 Å². The van der Waals surface area contributed by atoms with Crippen LogP contribution in [-0.2, 0) is 0 Å². The second kappa shape index (κ2) is 2.88. The van der Waals surface area contributed by atoms with E-state index in [9.17, 15) is 5.11 Å². The fourth-order valence-electron chi connectivity index (χ4n) is 1.45. The normalized spacial score (nSPS) is 28.2. The maximum absolute atomic E-state index is 9.37. The molecule has 1 saturated heterocycles. The Morgan fingerprint density at radius 1 is 1.33 bits per heavy atom. The standard InChI is InChI=1S/C10H13NO/c1-7-2-4-8(5-3-7)10-9(12)6-11-10/h2-5,9-12H,6H2,1H3/t9-,10+/m0/s1. The van der Waals surface area contributed by atoms with Crippen LogP contribution in [0.15, 0.2) is 24.3 Å². The van der Waals surface area contributed by atoms with Crippen LogP contribution in [0.3, 0.4) is 0 Å². The number of benzene rings is 1. The number of rotatable bonds is 1. The molecule has 1 aliphatic rings. The highest BCUT2D eigenvalue weighted by molar-refractivity contribution is 5.26. The van der Waals surface area contributed by atoms with Crippen molar-refractivity contribution >= 4 is 0 Å². The van der Waals surface area contributed by atoms with Crippen LogP contribution in [0.5, 0.6) is 0 Å². The van der Waals surface area contributed by atoms with E-state index in [2.05, 4.69) is 36.5 Å². The van der Waals surface area contributed by atoms with Crippen LogP contribution in [-0.4, -0.2) is 17.8 Å². The first-order valence-electron chi connectivity index (χ1n) is 4.25. The Morgan fingerprint density at radius 2 is 2.00 bits per heavy atom. The van der Waals surface area contributed by atoms with Crippen molar-refractivity contribution < 1.29 is 5.11 Å². The second-order valence-corrected chi connectivity index (χ2v) is 3.36. The third-order valence-corrected chi connectivity index (χ3v) is 2.37. The molecule has 1 aromatic carbocycles. The van der Waals surface area contributed by atoms with E-state index in [1.807, 2.05) is 0 Å². The van der Waals surface area contributed by atoms with Gasteiger partial charge < -0.3 is 10.4 Å². The quantitative estimate of drug-likeness (QED) is 0.647. The fraction of sp³-hybridized carbons (Fsp3) is 0.400. The summed E-state index contributed by atoms with van der Waals surface area (Å²) in [5, 5.41) is 12.5. The van der Waals surface area contributed by atoms with E-state index in [1.165, 1.54) is 11.1 Å². The molecule has 64 valence electrons. The van der Waals surface area contributed by atoms with Gasteiger partial charge in [-0.25, -0.2) is 0 Å². The van der Waals surface area contributed by atoms with Crippen molar-refractivity contribution in [1.29, 1.82) is 0 Å². The molecule has 0 amide bonds. The van der Waals surface area contributed by atoms with Crippen LogP contribution in [0.2, 0.25) is 0 Å². The van der Waals surface area contributed by atoms with Crippen molar-refractivity contribution in [3.63, 3.8) is 0 Å². The van der Waals surface area contributed by atoms with Crippen molar-refractivity contribution in [1.82, 2.24) is 5.32 Å². The molecule has 0 spiro atoms. The van der Waals surface area contributed by atoms with Gasteiger partial charge in [0.25, 0.3) is 0 Å². The van der Waals surface area contributed by atoms with Gasteiger partial charge >= 0.3 is 0 Å². The van der Waals surface area contributed by atoms with Crippen LogP contribution in [0.25, 0.3) is 0 Å². The molecule has 0 aromatic heterocycles. The minimum Gasteiger partial charge on any atom is -0.390 e. The summed E-state index contributed by atoms with van der Waals surface area (Å²) in [7, 11) is 0. The molecule has 1 heterocycles. The number of aryl methyl sites for hydroxylation is 1. The second-order valence-electron chi connectivity index (χ2n) is 3.36. The number of hydrogen-bond donors (Lipinski definition) is 2. The lowest BCUT2D eigenvalue weighted by atomic mass is 9.94. The van der Waals surface area contributed by atoms with E-state index in [1.54, 1.807) is 0 Å². The van der Waals surface area contributed by atoms with E-state index in [0.717, 1.165) is 6.54 Å². The van der Waals surface area contributed by atoms with Gasteiger partial charge in [-0.15, -0.1) is 0 Å². The summed E-state index contributed by atoms with van der Waals surface area (Å²) in [6, 6.07) is 8.43. The lowest BCUT2D eigenvalue weighted by Crippen LogP contribution is -2.49. The smallest absolute Gasteiger partial charge is 0.0859 e. The minimum absolute atomic E-state index is 0.158. The van der Waals surface area contributed by atoms with Crippen LogP contribution in [0, 0.1) is 6.92 Å². The SMILES string of the molecule is Cc1ccc([C@H]2NC[C@@H]2O)cc1. The fourth-order valence-corrected chi connectivity index (χ4v) is 1.45. The zero-order valence-corrected chi connectivity index (χ0v) is 7.12. The van der Waals surface area contributed by atoms with Crippen LogP contribution in [0.1, 0.15) is 17.2 Å². The largest absolute Gasteiger partial charge is 0.390 e. The van der Waals surface area contributed by atoms with Gasteiger partial charge in [0.1, 0.15) is 0 Å². The van der Waals surface area contributed by atoms with Crippen molar-refractivity contribution in [2.45, 2.75) is 19.1 Å². The minimum atomic E-state index is -0.201.